The molecule has 1 aliphatic carbocycles. The van der Waals surface area contributed by atoms with Gasteiger partial charge in [-0.3, -0.25) is 4.79 Å². The molecule has 2 rings (SSSR count). The Morgan fingerprint density at radius 2 is 2.18 bits per heavy atom. The van der Waals surface area contributed by atoms with Gasteiger partial charge in [0.05, 0.1) is 6.26 Å². The van der Waals surface area contributed by atoms with Gasteiger partial charge >= 0.3 is 0 Å². The molecule has 0 atom stereocenters. The number of amides is 1. The standard InChI is InChI=1S/C14H19NO2/c1-15(12-6-3-2-4-7-12)14(16)10-9-13-8-5-11-17-13/h5,8-12H,2-4,6-7H2,1H3/b10-9+. The zero-order chi connectivity index (χ0) is 12.1. The Balaban J connectivity index is 1.90. The Labute approximate surface area is 102 Å². The van der Waals surface area contributed by atoms with Crippen LogP contribution in [0.4, 0.5) is 0 Å². The van der Waals surface area contributed by atoms with Crippen LogP contribution < -0.4 is 0 Å². The molecule has 1 amide bonds. The maximum Gasteiger partial charge on any atom is 0.246 e. The van der Waals surface area contributed by atoms with Crippen LogP contribution in [0.2, 0.25) is 0 Å². The molecule has 1 saturated carbocycles. The Hall–Kier alpha value is -1.51. The van der Waals surface area contributed by atoms with Crippen LogP contribution in [0.15, 0.2) is 28.9 Å². The maximum atomic E-state index is 11.9. The van der Waals surface area contributed by atoms with Gasteiger partial charge in [-0.25, -0.2) is 0 Å². The molecule has 0 saturated heterocycles. The van der Waals surface area contributed by atoms with Crippen LogP contribution in [0.3, 0.4) is 0 Å². The van der Waals surface area contributed by atoms with E-state index in [0.29, 0.717) is 6.04 Å². The maximum absolute atomic E-state index is 11.9. The molecule has 1 fully saturated rings. The monoisotopic (exact) mass is 233 g/mol. The number of hydrogen-bond donors (Lipinski definition) is 0. The van der Waals surface area contributed by atoms with Gasteiger partial charge in [0, 0.05) is 19.2 Å². The highest BCUT2D eigenvalue weighted by Gasteiger charge is 2.20. The molecule has 1 aliphatic rings. The summed E-state index contributed by atoms with van der Waals surface area (Å²) in [7, 11) is 1.89. The van der Waals surface area contributed by atoms with Crippen LogP contribution in [-0.4, -0.2) is 23.9 Å². The lowest BCUT2D eigenvalue weighted by Gasteiger charge is -2.30. The van der Waals surface area contributed by atoms with E-state index in [2.05, 4.69) is 0 Å². The molecule has 1 heterocycles. The van der Waals surface area contributed by atoms with Gasteiger partial charge in [-0.15, -0.1) is 0 Å². The summed E-state index contributed by atoms with van der Waals surface area (Å²) in [6, 6.07) is 4.07. The second-order valence-electron chi connectivity index (χ2n) is 4.59. The lowest BCUT2D eigenvalue weighted by atomic mass is 9.94. The predicted octanol–water partition coefficient (Wildman–Crippen LogP) is 3.08. The van der Waals surface area contributed by atoms with Crippen molar-refractivity contribution in [2.75, 3.05) is 7.05 Å². The van der Waals surface area contributed by atoms with E-state index in [1.165, 1.54) is 19.3 Å². The molecule has 3 heteroatoms. The van der Waals surface area contributed by atoms with Crippen molar-refractivity contribution in [2.24, 2.45) is 0 Å². The Bertz CT molecular complexity index is 375. The Kier molecular flexibility index (Phi) is 4.02. The van der Waals surface area contributed by atoms with Crippen molar-refractivity contribution in [3.8, 4) is 0 Å². The van der Waals surface area contributed by atoms with Gasteiger partial charge in [0.15, 0.2) is 0 Å². The molecule has 1 aromatic heterocycles. The number of furan rings is 1. The minimum atomic E-state index is 0.0632. The third-order valence-corrected chi connectivity index (χ3v) is 3.40. The number of nitrogens with zero attached hydrogens (tertiary/aromatic N) is 1. The van der Waals surface area contributed by atoms with E-state index in [1.807, 2.05) is 24.1 Å². The largest absolute Gasteiger partial charge is 0.465 e. The SMILES string of the molecule is CN(C(=O)/C=C/c1ccco1)C1CCCCC1. The molecule has 1 aromatic rings. The molecule has 0 aliphatic heterocycles. The Morgan fingerprint density at radius 3 is 2.82 bits per heavy atom. The minimum absolute atomic E-state index is 0.0632. The fraction of sp³-hybridized carbons (Fsp3) is 0.500. The summed E-state index contributed by atoms with van der Waals surface area (Å²) < 4.78 is 5.15. The summed E-state index contributed by atoms with van der Waals surface area (Å²) in [5, 5.41) is 0. The highest BCUT2D eigenvalue weighted by atomic mass is 16.3. The average molecular weight is 233 g/mol. The fourth-order valence-corrected chi connectivity index (χ4v) is 2.31. The number of carbonyl (C=O) groups is 1. The van der Waals surface area contributed by atoms with Crippen molar-refractivity contribution < 1.29 is 9.21 Å². The molecule has 92 valence electrons. The third-order valence-electron chi connectivity index (χ3n) is 3.40. The molecule has 3 nitrogen and oxygen atoms in total. The zero-order valence-electron chi connectivity index (χ0n) is 10.3. The summed E-state index contributed by atoms with van der Waals surface area (Å²) >= 11 is 0. The summed E-state index contributed by atoms with van der Waals surface area (Å²) in [5.74, 6) is 0.781. The summed E-state index contributed by atoms with van der Waals surface area (Å²) in [6.07, 6.45) is 11.0. The molecule has 0 aromatic carbocycles. The molecule has 0 unspecified atom stereocenters. The van der Waals surface area contributed by atoms with Crippen molar-refractivity contribution >= 4 is 12.0 Å². The first-order valence-electron chi connectivity index (χ1n) is 6.26. The second-order valence-corrected chi connectivity index (χ2v) is 4.59. The molecule has 0 N–H and O–H groups in total. The van der Waals surface area contributed by atoms with Crippen molar-refractivity contribution in [2.45, 2.75) is 38.1 Å². The van der Waals surface area contributed by atoms with E-state index < -0.39 is 0 Å². The van der Waals surface area contributed by atoms with Crippen molar-refractivity contribution in [1.82, 2.24) is 4.90 Å². The van der Waals surface area contributed by atoms with Crippen LogP contribution in [0.1, 0.15) is 37.9 Å². The van der Waals surface area contributed by atoms with Gasteiger partial charge in [-0.05, 0) is 31.1 Å². The van der Waals surface area contributed by atoms with Gasteiger partial charge in [-0.2, -0.15) is 0 Å². The Morgan fingerprint density at radius 1 is 1.41 bits per heavy atom. The molecule has 0 spiro atoms. The van der Waals surface area contributed by atoms with E-state index in [1.54, 1.807) is 18.4 Å². The van der Waals surface area contributed by atoms with E-state index in [9.17, 15) is 4.79 Å². The number of hydrogen-bond acceptors (Lipinski definition) is 2. The van der Waals surface area contributed by atoms with Crippen LogP contribution >= 0.6 is 0 Å². The number of rotatable bonds is 3. The first-order chi connectivity index (χ1) is 8.27. The summed E-state index contributed by atoms with van der Waals surface area (Å²) in [6.45, 7) is 0. The highest BCUT2D eigenvalue weighted by molar-refractivity contribution is 5.91. The van der Waals surface area contributed by atoms with Gasteiger partial charge in [0.1, 0.15) is 5.76 Å². The molecule has 0 radical (unpaired) electrons. The van der Waals surface area contributed by atoms with E-state index in [-0.39, 0.29) is 5.91 Å². The number of likely N-dealkylation sites (N-methyl/N-ethyl adjacent to an activating group) is 1. The lowest BCUT2D eigenvalue weighted by molar-refractivity contribution is -0.127. The van der Waals surface area contributed by atoms with Crippen molar-refractivity contribution in [3.05, 3.63) is 30.2 Å². The first kappa shape index (κ1) is 12.0. The van der Waals surface area contributed by atoms with Crippen LogP contribution in [0, 0.1) is 0 Å². The van der Waals surface area contributed by atoms with E-state index >= 15 is 0 Å². The van der Waals surface area contributed by atoms with Gasteiger partial charge in [-0.1, -0.05) is 19.3 Å². The zero-order valence-corrected chi connectivity index (χ0v) is 10.3. The van der Waals surface area contributed by atoms with Gasteiger partial charge in [0.2, 0.25) is 5.91 Å². The molecular weight excluding hydrogens is 214 g/mol. The highest BCUT2D eigenvalue weighted by Crippen LogP contribution is 2.21. The normalized spacial score (nSPS) is 17.5. The molecule has 0 bridgehead atoms. The van der Waals surface area contributed by atoms with Gasteiger partial charge in [0.25, 0.3) is 0 Å². The smallest absolute Gasteiger partial charge is 0.246 e. The van der Waals surface area contributed by atoms with Crippen molar-refractivity contribution in [1.29, 1.82) is 0 Å². The summed E-state index contributed by atoms with van der Waals surface area (Å²) in [4.78, 5) is 13.8. The topological polar surface area (TPSA) is 33.5 Å². The third kappa shape index (κ3) is 3.22. The van der Waals surface area contributed by atoms with Crippen LogP contribution in [0.25, 0.3) is 6.08 Å². The van der Waals surface area contributed by atoms with Crippen molar-refractivity contribution in [3.63, 3.8) is 0 Å². The predicted molar refractivity (Wildman–Crippen MR) is 67.4 cm³/mol. The number of carbonyl (C=O) groups excluding carboxylic acids is 1. The average Bonchev–Trinajstić information content (AvgIpc) is 2.89. The quantitative estimate of drug-likeness (QED) is 0.752. The first-order valence-corrected chi connectivity index (χ1v) is 6.26. The minimum Gasteiger partial charge on any atom is -0.465 e. The van der Waals surface area contributed by atoms with E-state index in [0.717, 1.165) is 18.6 Å². The summed E-state index contributed by atoms with van der Waals surface area (Å²) in [5.41, 5.74) is 0. The van der Waals surface area contributed by atoms with Gasteiger partial charge < -0.3 is 9.32 Å². The van der Waals surface area contributed by atoms with E-state index in [4.69, 9.17) is 4.42 Å². The molecular formula is C14H19NO2. The van der Waals surface area contributed by atoms with Crippen LogP contribution in [0.5, 0.6) is 0 Å². The fourth-order valence-electron chi connectivity index (χ4n) is 2.31. The van der Waals surface area contributed by atoms with Crippen LogP contribution in [-0.2, 0) is 4.79 Å². The lowest BCUT2D eigenvalue weighted by Crippen LogP contribution is -2.37. The molecule has 17 heavy (non-hydrogen) atoms. The second kappa shape index (κ2) is 5.71.